The standard InChI is InChI=1S/C11H9FN2O3/c12-8-3-1-7(2-4-8)6-14-10(15)9(5-13-14)11(16)17/h1-5,9H,6H2,(H,16,17)/t9-/m1/s1. The number of hydrogen-bond acceptors (Lipinski definition) is 3. The van der Waals surface area contributed by atoms with Gasteiger partial charge in [-0.2, -0.15) is 5.10 Å². The quantitative estimate of drug-likeness (QED) is 0.791. The molecule has 0 saturated carbocycles. The number of carboxylic acid groups (broad SMARTS) is 1. The van der Waals surface area contributed by atoms with Gasteiger partial charge in [-0.25, -0.2) is 9.40 Å². The largest absolute Gasteiger partial charge is 0.480 e. The average molecular weight is 236 g/mol. The van der Waals surface area contributed by atoms with Gasteiger partial charge in [0.25, 0.3) is 5.91 Å². The number of carbonyl (C=O) groups excluding carboxylic acids is 1. The van der Waals surface area contributed by atoms with Crippen LogP contribution in [0.1, 0.15) is 5.56 Å². The van der Waals surface area contributed by atoms with Crippen LogP contribution < -0.4 is 0 Å². The van der Waals surface area contributed by atoms with Crippen LogP contribution in [0, 0.1) is 11.7 Å². The van der Waals surface area contributed by atoms with E-state index in [0.29, 0.717) is 5.56 Å². The van der Waals surface area contributed by atoms with Gasteiger partial charge in [0.1, 0.15) is 5.82 Å². The van der Waals surface area contributed by atoms with Gasteiger partial charge < -0.3 is 5.11 Å². The molecule has 1 aliphatic heterocycles. The number of carbonyl (C=O) groups is 2. The molecule has 0 radical (unpaired) electrons. The number of aliphatic carboxylic acids is 1. The van der Waals surface area contributed by atoms with E-state index >= 15 is 0 Å². The lowest BCUT2D eigenvalue weighted by molar-refractivity contribution is -0.146. The topological polar surface area (TPSA) is 70.0 Å². The summed E-state index contributed by atoms with van der Waals surface area (Å²) in [5, 5.41) is 13.5. The summed E-state index contributed by atoms with van der Waals surface area (Å²) >= 11 is 0. The molecule has 6 heteroatoms. The second-order valence-corrected chi connectivity index (χ2v) is 3.60. The number of amides is 1. The number of nitrogens with zero attached hydrogens (tertiary/aromatic N) is 2. The molecule has 2 rings (SSSR count). The predicted octanol–water partition coefficient (Wildman–Crippen LogP) is 0.855. The van der Waals surface area contributed by atoms with Gasteiger partial charge in [-0.05, 0) is 17.7 Å². The van der Waals surface area contributed by atoms with Crippen molar-refractivity contribution in [3.8, 4) is 0 Å². The highest BCUT2D eigenvalue weighted by molar-refractivity contribution is 6.12. The fraction of sp³-hybridized carbons (Fsp3) is 0.182. The minimum absolute atomic E-state index is 0.138. The molecule has 1 N–H and O–H groups in total. The molecular formula is C11H9FN2O3. The molecule has 88 valence electrons. The zero-order valence-corrected chi connectivity index (χ0v) is 8.71. The van der Waals surface area contributed by atoms with E-state index in [1.165, 1.54) is 24.3 Å². The van der Waals surface area contributed by atoms with Gasteiger partial charge in [0.05, 0.1) is 6.54 Å². The number of benzene rings is 1. The molecular weight excluding hydrogens is 227 g/mol. The minimum atomic E-state index is -1.22. The van der Waals surface area contributed by atoms with Crippen molar-refractivity contribution in [2.75, 3.05) is 0 Å². The summed E-state index contributed by atoms with van der Waals surface area (Å²) in [7, 11) is 0. The first-order valence-electron chi connectivity index (χ1n) is 4.90. The first-order valence-corrected chi connectivity index (χ1v) is 4.90. The van der Waals surface area contributed by atoms with Crippen molar-refractivity contribution in [3.05, 3.63) is 35.6 Å². The van der Waals surface area contributed by atoms with Gasteiger partial charge in [-0.3, -0.25) is 9.59 Å². The highest BCUT2D eigenvalue weighted by Gasteiger charge is 2.34. The molecule has 0 aliphatic carbocycles. The molecule has 0 fully saturated rings. The summed E-state index contributed by atoms with van der Waals surface area (Å²) in [6.45, 7) is 0.138. The lowest BCUT2D eigenvalue weighted by Gasteiger charge is -2.12. The molecule has 1 aromatic rings. The Morgan fingerprint density at radius 2 is 2.06 bits per heavy atom. The average Bonchev–Trinajstić information content (AvgIpc) is 2.64. The maximum atomic E-state index is 12.7. The molecule has 1 aliphatic rings. The lowest BCUT2D eigenvalue weighted by atomic mass is 10.1. The molecule has 0 unspecified atom stereocenters. The summed E-state index contributed by atoms with van der Waals surface area (Å²) < 4.78 is 12.7. The Hall–Kier alpha value is -2.24. The van der Waals surface area contributed by atoms with E-state index in [-0.39, 0.29) is 12.4 Å². The van der Waals surface area contributed by atoms with Gasteiger partial charge >= 0.3 is 5.97 Å². The molecule has 5 nitrogen and oxygen atoms in total. The smallest absolute Gasteiger partial charge is 0.321 e. The normalized spacial score (nSPS) is 18.8. The monoisotopic (exact) mass is 236 g/mol. The van der Waals surface area contributed by atoms with Crippen LogP contribution in [-0.4, -0.2) is 28.2 Å². The number of hydrogen-bond donors (Lipinski definition) is 1. The number of hydrazone groups is 1. The molecule has 0 saturated heterocycles. The van der Waals surface area contributed by atoms with Crippen LogP contribution in [0.15, 0.2) is 29.4 Å². The lowest BCUT2D eigenvalue weighted by Crippen LogP contribution is -2.30. The van der Waals surface area contributed by atoms with Crippen LogP contribution in [0.25, 0.3) is 0 Å². The van der Waals surface area contributed by atoms with Crippen molar-refractivity contribution in [1.82, 2.24) is 5.01 Å². The van der Waals surface area contributed by atoms with Crippen molar-refractivity contribution in [3.63, 3.8) is 0 Å². The van der Waals surface area contributed by atoms with Crippen LogP contribution in [0.3, 0.4) is 0 Å². The van der Waals surface area contributed by atoms with Crippen molar-refractivity contribution >= 4 is 18.1 Å². The zero-order chi connectivity index (χ0) is 12.4. The molecule has 17 heavy (non-hydrogen) atoms. The van der Waals surface area contributed by atoms with Gasteiger partial charge in [0, 0.05) is 6.21 Å². The molecule has 1 aromatic carbocycles. The summed E-state index contributed by atoms with van der Waals surface area (Å²) in [6, 6.07) is 5.58. The van der Waals surface area contributed by atoms with Crippen LogP contribution in [0.5, 0.6) is 0 Å². The maximum absolute atomic E-state index is 12.7. The maximum Gasteiger partial charge on any atom is 0.321 e. The van der Waals surface area contributed by atoms with Crippen molar-refractivity contribution < 1.29 is 19.1 Å². The van der Waals surface area contributed by atoms with Crippen LogP contribution in [0.4, 0.5) is 4.39 Å². The molecule has 1 amide bonds. The Bertz CT molecular complexity index is 484. The van der Waals surface area contributed by atoms with Crippen molar-refractivity contribution in [2.45, 2.75) is 6.54 Å². The van der Waals surface area contributed by atoms with E-state index < -0.39 is 17.8 Å². The number of halogens is 1. The van der Waals surface area contributed by atoms with Crippen molar-refractivity contribution in [1.29, 1.82) is 0 Å². The molecule has 1 atom stereocenters. The third-order valence-electron chi connectivity index (χ3n) is 2.39. The van der Waals surface area contributed by atoms with E-state index in [9.17, 15) is 14.0 Å². The Morgan fingerprint density at radius 3 is 2.59 bits per heavy atom. The summed E-state index contributed by atoms with van der Waals surface area (Å²) in [5.74, 6) is -3.38. The molecule has 1 heterocycles. The SMILES string of the molecule is O=C(O)[C@@H]1C=NN(Cc2ccc(F)cc2)C1=O. The van der Waals surface area contributed by atoms with Gasteiger partial charge in [-0.15, -0.1) is 0 Å². The Kier molecular flexibility index (Phi) is 2.86. The van der Waals surface area contributed by atoms with Gasteiger partial charge in [-0.1, -0.05) is 12.1 Å². The first kappa shape index (κ1) is 11.3. The van der Waals surface area contributed by atoms with Crippen LogP contribution in [0.2, 0.25) is 0 Å². The Balaban J connectivity index is 2.07. The molecule has 0 aromatic heterocycles. The van der Waals surface area contributed by atoms with Crippen LogP contribution in [-0.2, 0) is 16.1 Å². The second-order valence-electron chi connectivity index (χ2n) is 3.60. The van der Waals surface area contributed by atoms with Gasteiger partial charge in [0.2, 0.25) is 0 Å². The third-order valence-corrected chi connectivity index (χ3v) is 2.39. The van der Waals surface area contributed by atoms with Crippen molar-refractivity contribution in [2.24, 2.45) is 11.0 Å². The van der Waals surface area contributed by atoms with Gasteiger partial charge in [0.15, 0.2) is 5.92 Å². The van der Waals surface area contributed by atoms with E-state index in [1.807, 2.05) is 0 Å². The summed E-state index contributed by atoms with van der Waals surface area (Å²) in [5.41, 5.74) is 0.683. The zero-order valence-electron chi connectivity index (χ0n) is 8.71. The van der Waals surface area contributed by atoms with E-state index in [1.54, 1.807) is 0 Å². The fourth-order valence-electron chi connectivity index (χ4n) is 1.48. The van der Waals surface area contributed by atoms with E-state index in [0.717, 1.165) is 11.2 Å². The van der Waals surface area contributed by atoms with Crippen LogP contribution >= 0.6 is 0 Å². The Labute approximate surface area is 96.2 Å². The second kappa shape index (κ2) is 4.32. The minimum Gasteiger partial charge on any atom is -0.480 e. The number of carboxylic acids is 1. The highest BCUT2D eigenvalue weighted by Crippen LogP contribution is 2.14. The third kappa shape index (κ3) is 2.30. The summed E-state index contributed by atoms with van der Waals surface area (Å²) in [6.07, 6.45) is 1.09. The van der Waals surface area contributed by atoms with E-state index in [2.05, 4.69) is 5.10 Å². The number of rotatable bonds is 3. The molecule has 0 spiro atoms. The fourth-order valence-corrected chi connectivity index (χ4v) is 1.48. The predicted molar refractivity (Wildman–Crippen MR) is 56.6 cm³/mol. The summed E-state index contributed by atoms with van der Waals surface area (Å²) in [4.78, 5) is 22.2. The first-order chi connectivity index (χ1) is 8.08. The van der Waals surface area contributed by atoms with E-state index in [4.69, 9.17) is 5.11 Å². The molecule has 0 bridgehead atoms. The highest BCUT2D eigenvalue weighted by atomic mass is 19.1. The Morgan fingerprint density at radius 1 is 1.41 bits per heavy atom.